The van der Waals surface area contributed by atoms with Gasteiger partial charge in [0, 0.05) is 60.3 Å². The smallest absolute Gasteiger partial charge is 0.230 e. The zero-order chi connectivity index (χ0) is 28.7. The highest BCUT2D eigenvalue weighted by atomic mass is 16.2. The van der Waals surface area contributed by atoms with Gasteiger partial charge < -0.3 is 27.4 Å². The molecule has 8 heteroatoms. The second-order valence-electron chi connectivity index (χ2n) is 14.3. The van der Waals surface area contributed by atoms with E-state index < -0.39 is 21.9 Å². The van der Waals surface area contributed by atoms with Crippen molar-refractivity contribution in [1.82, 2.24) is 15.1 Å². The summed E-state index contributed by atoms with van der Waals surface area (Å²) in [7, 11) is 0. The monoisotopic (exact) mass is 510 g/mol. The molecule has 1 aliphatic rings. The SMILES string of the molecule is CC(C)NC(C)(C)C(C)(C)N1CCN(C(=O)C(C)(C)C(C)(N)C(=O)C(C)(C)CC(C)(N)C(C)N)CC1. The lowest BCUT2D eigenvalue weighted by Crippen LogP contribution is -2.70. The first kappa shape index (κ1) is 33.0. The van der Waals surface area contributed by atoms with Crippen LogP contribution in [-0.2, 0) is 9.59 Å². The normalized spacial score (nSPS) is 21.2. The molecule has 1 rings (SSSR count). The Balaban J connectivity index is 3.04. The summed E-state index contributed by atoms with van der Waals surface area (Å²) in [5.41, 5.74) is 15.0. The van der Waals surface area contributed by atoms with Crippen LogP contribution in [0.4, 0.5) is 0 Å². The van der Waals surface area contributed by atoms with Crippen LogP contribution in [0.25, 0.3) is 0 Å². The number of piperazine rings is 1. The van der Waals surface area contributed by atoms with E-state index in [1.807, 2.05) is 32.6 Å². The third-order valence-electron chi connectivity index (χ3n) is 9.32. The molecule has 1 heterocycles. The maximum Gasteiger partial charge on any atom is 0.230 e. The molecule has 0 aromatic rings. The van der Waals surface area contributed by atoms with Crippen molar-refractivity contribution in [2.45, 2.75) is 131 Å². The molecule has 36 heavy (non-hydrogen) atoms. The van der Waals surface area contributed by atoms with E-state index in [-0.39, 0.29) is 28.8 Å². The lowest BCUT2D eigenvalue weighted by atomic mass is 9.62. The molecule has 1 aliphatic heterocycles. The van der Waals surface area contributed by atoms with E-state index in [4.69, 9.17) is 17.2 Å². The molecule has 7 N–H and O–H groups in total. The molecule has 212 valence electrons. The van der Waals surface area contributed by atoms with E-state index >= 15 is 0 Å². The van der Waals surface area contributed by atoms with Gasteiger partial charge in [0.25, 0.3) is 0 Å². The minimum Gasteiger partial charge on any atom is -0.340 e. The Morgan fingerprint density at radius 3 is 1.67 bits per heavy atom. The largest absolute Gasteiger partial charge is 0.340 e. The molecule has 1 saturated heterocycles. The molecule has 1 fully saturated rings. The fourth-order valence-electron chi connectivity index (χ4n) is 5.56. The molecular formula is C28H58N6O2. The highest BCUT2D eigenvalue weighted by Crippen LogP contribution is 2.40. The van der Waals surface area contributed by atoms with Crippen molar-refractivity contribution in [3.8, 4) is 0 Å². The summed E-state index contributed by atoms with van der Waals surface area (Å²) in [6.07, 6.45) is 0.377. The van der Waals surface area contributed by atoms with Crippen molar-refractivity contribution < 1.29 is 9.59 Å². The lowest BCUT2D eigenvalue weighted by molar-refractivity contribution is -0.154. The Morgan fingerprint density at radius 2 is 1.28 bits per heavy atom. The highest BCUT2D eigenvalue weighted by molar-refractivity contribution is 5.99. The number of Topliss-reactive ketones (excluding diaryl/α,β-unsaturated/α-hetero) is 1. The fraction of sp³-hybridized carbons (Fsp3) is 0.929. The van der Waals surface area contributed by atoms with E-state index in [1.54, 1.807) is 20.8 Å². The van der Waals surface area contributed by atoms with E-state index in [2.05, 4.69) is 51.8 Å². The van der Waals surface area contributed by atoms with Gasteiger partial charge in [-0.15, -0.1) is 0 Å². The Bertz CT molecular complexity index is 788. The Morgan fingerprint density at radius 1 is 0.833 bits per heavy atom. The van der Waals surface area contributed by atoms with E-state index in [0.717, 1.165) is 13.1 Å². The summed E-state index contributed by atoms with van der Waals surface area (Å²) in [4.78, 5) is 31.9. The number of ketones is 1. The molecule has 0 bridgehead atoms. The number of nitrogens with zero attached hydrogens (tertiary/aromatic N) is 2. The zero-order valence-corrected chi connectivity index (χ0v) is 25.6. The first-order valence-electron chi connectivity index (χ1n) is 13.5. The molecule has 0 aromatic heterocycles. The molecule has 0 aliphatic carbocycles. The van der Waals surface area contributed by atoms with Crippen LogP contribution in [0.3, 0.4) is 0 Å². The third kappa shape index (κ3) is 6.49. The lowest BCUT2D eigenvalue weighted by Gasteiger charge is -2.54. The van der Waals surface area contributed by atoms with Gasteiger partial charge >= 0.3 is 0 Å². The number of amides is 1. The quantitative estimate of drug-likeness (QED) is 0.336. The molecule has 0 radical (unpaired) electrons. The van der Waals surface area contributed by atoms with Crippen LogP contribution in [0.1, 0.15) is 96.4 Å². The van der Waals surface area contributed by atoms with Crippen LogP contribution in [-0.4, -0.2) is 81.9 Å². The Hall–Kier alpha value is -1.06. The maximum atomic E-state index is 13.8. The average molecular weight is 511 g/mol. The van der Waals surface area contributed by atoms with Gasteiger partial charge in [-0.05, 0) is 68.7 Å². The predicted molar refractivity (Wildman–Crippen MR) is 151 cm³/mol. The van der Waals surface area contributed by atoms with Gasteiger partial charge in [0.05, 0.1) is 11.0 Å². The van der Waals surface area contributed by atoms with Gasteiger partial charge in [-0.2, -0.15) is 0 Å². The second-order valence-corrected chi connectivity index (χ2v) is 14.3. The summed E-state index contributed by atoms with van der Waals surface area (Å²) in [5, 5.41) is 3.69. The van der Waals surface area contributed by atoms with Gasteiger partial charge in [-0.3, -0.25) is 14.5 Å². The van der Waals surface area contributed by atoms with E-state index in [1.165, 1.54) is 0 Å². The first-order chi connectivity index (χ1) is 15.8. The van der Waals surface area contributed by atoms with E-state index in [9.17, 15) is 9.59 Å². The van der Waals surface area contributed by atoms with Crippen LogP contribution in [0.15, 0.2) is 0 Å². The minimum absolute atomic E-state index is 0.0867. The minimum atomic E-state index is -1.37. The maximum absolute atomic E-state index is 13.8. The van der Waals surface area contributed by atoms with Crippen LogP contribution in [0.5, 0.6) is 0 Å². The summed E-state index contributed by atoms with van der Waals surface area (Å²) in [5.74, 6) is -0.261. The molecule has 1 amide bonds. The number of nitrogens with one attached hydrogen (secondary N) is 1. The summed E-state index contributed by atoms with van der Waals surface area (Å²) >= 11 is 0. The highest BCUT2D eigenvalue weighted by Gasteiger charge is 2.55. The summed E-state index contributed by atoms with van der Waals surface area (Å²) in [6, 6.07) is 0.0849. The van der Waals surface area contributed by atoms with Gasteiger partial charge in [-0.1, -0.05) is 27.7 Å². The number of carbonyl (C=O) groups excluding carboxylic acids is 2. The van der Waals surface area contributed by atoms with Crippen LogP contribution < -0.4 is 22.5 Å². The number of carbonyl (C=O) groups is 2. The third-order valence-corrected chi connectivity index (χ3v) is 9.32. The molecular weight excluding hydrogens is 452 g/mol. The van der Waals surface area contributed by atoms with Gasteiger partial charge in [0.2, 0.25) is 5.91 Å². The summed E-state index contributed by atoms with van der Waals surface area (Å²) < 4.78 is 0. The number of rotatable bonds is 11. The van der Waals surface area contributed by atoms with Gasteiger partial charge in [0.15, 0.2) is 5.78 Å². The topological polar surface area (TPSA) is 131 Å². The van der Waals surface area contributed by atoms with Crippen molar-refractivity contribution in [2.24, 2.45) is 28.0 Å². The van der Waals surface area contributed by atoms with Gasteiger partial charge in [-0.25, -0.2) is 0 Å². The second kappa shape index (κ2) is 10.6. The van der Waals surface area contributed by atoms with Crippen LogP contribution in [0.2, 0.25) is 0 Å². The molecule has 3 unspecified atom stereocenters. The molecule has 0 spiro atoms. The summed E-state index contributed by atoms with van der Waals surface area (Å²) in [6.45, 7) is 28.7. The number of hydrogen-bond acceptors (Lipinski definition) is 7. The number of hydrogen-bond donors (Lipinski definition) is 4. The zero-order valence-electron chi connectivity index (χ0n) is 25.6. The molecule has 3 atom stereocenters. The number of nitrogens with two attached hydrogens (primary N) is 3. The van der Waals surface area contributed by atoms with Crippen molar-refractivity contribution in [3.05, 3.63) is 0 Å². The Kier molecular flexibility index (Phi) is 9.71. The van der Waals surface area contributed by atoms with Crippen molar-refractivity contribution >= 4 is 11.7 Å². The molecule has 8 nitrogen and oxygen atoms in total. The average Bonchev–Trinajstić information content (AvgIpc) is 2.70. The van der Waals surface area contributed by atoms with Crippen molar-refractivity contribution in [1.29, 1.82) is 0 Å². The standard InChI is InChI=1S/C28H58N6O2/c1-19(2)32-25(8,9)26(10,11)34-16-14-33(15-17-34)22(36)24(6,7)28(13,31)21(35)23(4,5)18-27(12,30)20(3)29/h19-20,32H,14-18,29-31H2,1-13H3. The Labute approximate surface area is 221 Å². The fourth-order valence-corrected chi connectivity index (χ4v) is 5.56. The molecule has 0 saturated carbocycles. The first-order valence-corrected chi connectivity index (χ1v) is 13.5. The van der Waals surface area contributed by atoms with Crippen LogP contribution >= 0.6 is 0 Å². The van der Waals surface area contributed by atoms with E-state index in [0.29, 0.717) is 25.6 Å². The van der Waals surface area contributed by atoms with Crippen molar-refractivity contribution in [2.75, 3.05) is 26.2 Å². The predicted octanol–water partition coefficient (Wildman–Crippen LogP) is 2.48. The van der Waals surface area contributed by atoms with Gasteiger partial charge in [0.1, 0.15) is 0 Å². The molecule has 0 aromatic carbocycles. The van der Waals surface area contributed by atoms with Crippen LogP contribution in [0, 0.1) is 10.8 Å². The van der Waals surface area contributed by atoms with Crippen molar-refractivity contribution in [3.63, 3.8) is 0 Å².